The molecule has 0 saturated carbocycles. The van der Waals surface area contributed by atoms with E-state index in [1.807, 2.05) is 0 Å². The molecule has 1 aromatic rings. The number of nitriles is 1. The average Bonchev–Trinajstić information content (AvgIpc) is 2.69. The second-order valence-electron chi connectivity index (χ2n) is 4.34. The van der Waals surface area contributed by atoms with Crippen molar-refractivity contribution in [2.75, 3.05) is 0 Å². The topological polar surface area (TPSA) is 40.8 Å². The van der Waals surface area contributed by atoms with Gasteiger partial charge in [0.05, 0.1) is 6.07 Å². The third kappa shape index (κ3) is 4.50. The van der Waals surface area contributed by atoms with Crippen molar-refractivity contribution in [1.82, 2.24) is 9.88 Å². The van der Waals surface area contributed by atoms with Crippen LogP contribution in [0, 0.1) is 11.3 Å². The number of unbranched alkanes of at least 4 members (excludes halogenated alkanes) is 2. The predicted octanol–water partition coefficient (Wildman–Crippen LogP) is 2.68. The van der Waals surface area contributed by atoms with Crippen LogP contribution in [0.25, 0.3) is 0 Å². The van der Waals surface area contributed by atoms with Crippen molar-refractivity contribution in [3.8, 4) is 6.07 Å². The van der Waals surface area contributed by atoms with Crippen molar-refractivity contribution < 1.29 is 0 Å². The zero-order valence-electron chi connectivity index (χ0n) is 10.2. The quantitative estimate of drug-likeness (QED) is 0.716. The van der Waals surface area contributed by atoms with Crippen molar-refractivity contribution in [1.29, 1.82) is 5.26 Å². The lowest BCUT2D eigenvalue weighted by Gasteiger charge is -2.11. The summed E-state index contributed by atoms with van der Waals surface area (Å²) in [6.07, 6.45) is 4.85. The minimum absolute atomic E-state index is 0.516. The van der Waals surface area contributed by atoms with E-state index in [0.717, 1.165) is 25.9 Å². The molecule has 0 aliphatic heterocycles. The summed E-state index contributed by atoms with van der Waals surface area (Å²) < 4.78 is 2.27. The van der Waals surface area contributed by atoms with Gasteiger partial charge >= 0.3 is 0 Å². The maximum Gasteiger partial charge on any atom is 0.0621 e. The number of aryl methyl sites for hydroxylation is 1. The monoisotopic (exact) mass is 219 g/mol. The van der Waals surface area contributed by atoms with Gasteiger partial charge in [-0.3, -0.25) is 0 Å². The summed E-state index contributed by atoms with van der Waals surface area (Å²) in [5.74, 6) is 0. The van der Waals surface area contributed by atoms with Crippen LogP contribution in [-0.2, 0) is 13.1 Å². The molecule has 3 heteroatoms. The fraction of sp³-hybridized carbons (Fsp3) is 0.615. The second kappa shape index (κ2) is 7.08. The second-order valence-corrected chi connectivity index (χ2v) is 4.34. The summed E-state index contributed by atoms with van der Waals surface area (Å²) in [5.41, 5.74) is 1.32. The first kappa shape index (κ1) is 12.8. The zero-order valence-corrected chi connectivity index (χ0v) is 10.2. The molecule has 0 aromatic carbocycles. The van der Waals surface area contributed by atoms with Gasteiger partial charge in [-0.25, -0.2) is 0 Å². The lowest BCUT2D eigenvalue weighted by Crippen LogP contribution is -2.23. The molecule has 0 bridgehead atoms. The van der Waals surface area contributed by atoms with Crippen LogP contribution < -0.4 is 5.32 Å². The van der Waals surface area contributed by atoms with Gasteiger partial charge in [0, 0.05) is 37.4 Å². The van der Waals surface area contributed by atoms with Crippen LogP contribution in [0.15, 0.2) is 18.3 Å². The molecule has 0 aliphatic rings. The van der Waals surface area contributed by atoms with Gasteiger partial charge in [0.1, 0.15) is 0 Å². The normalized spacial score (nSPS) is 10.6. The lowest BCUT2D eigenvalue weighted by molar-refractivity contribution is 0.540. The predicted molar refractivity (Wildman–Crippen MR) is 65.9 cm³/mol. The Balaban J connectivity index is 2.35. The van der Waals surface area contributed by atoms with E-state index in [1.165, 1.54) is 5.69 Å². The van der Waals surface area contributed by atoms with Crippen LogP contribution in [0.1, 0.15) is 38.8 Å². The fourth-order valence-electron chi connectivity index (χ4n) is 1.62. The lowest BCUT2D eigenvalue weighted by atomic mass is 10.2. The largest absolute Gasteiger partial charge is 0.350 e. The number of nitrogens with zero attached hydrogens (tertiary/aromatic N) is 2. The van der Waals surface area contributed by atoms with Crippen molar-refractivity contribution in [3.05, 3.63) is 24.0 Å². The highest BCUT2D eigenvalue weighted by Crippen LogP contribution is 2.06. The highest BCUT2D eigenvalue weighted by Gasteiger charge is 2.01. The first-order chi connectivity index (χ1) is 7.74. The van der Waals surface area contributed by atoms with Crippen molar-refractivity contribution in [3.63, 3.8) is 0 Å². The molecule has 1 heterocycles. The van der Waals surface area contributed by atoms with Gasteiger partial charge in [0.25, 0.3) is 0 Å². The molecule has 0 aliphatic carbocycles. The van der Waals surface area contributed by atoms with E-state index >= 15 is 0 Å². The van der Waals surface area contributed by atoms with Crippen molar-refractivity contribution in [2.24, 2.45) is 0 Å². The van der Waals surface area contributed by atoms with E-state index in [0.29, 0.717) is 12.5 Å². The van der Waals surface area contributed by atoms with Crippen LogP contribution in [0.4, 0.5) is 0 Å². The summed E-state index contributed by atoms with van der Waals surface area (Å²) >= 11 is 0. The van der Waals surface area contributed by atoms with E-state index in [2.05, 4.69) is 48.1 Å². The van der Waals surface area contributed by atoms with Crippen LogP contribution in [0.5, 0.6) is 0 Å². The molecule has 0 fully saturated rings. The van der Waals surface area contributed by atoms with Gasteiger partial charge in [-0.15, -0.1) is 0 Å². The first-order valence-electron chi connectivity index (χ1n) is 5.98. The minimum atomic E-state index is 0.516. The van der Waals surface area contributed by atoms with Crippen LogP contribution >= 0.6 is 0 Å². The van der Waals surface area contributed by atoms with Gasteiger partial charge in [0.15, 0.2) is 0 Å². The summed E-state index contributed by atoms with van der Waals surface area (Å²) in [6, 6.07) is 6.93. The Bertz CT molecular complexity index is 333. The summed E-state index contributed by atoms with van der Waals surface area (Å²) in [5, 5.41) is 11.9. The number of aromatic nitrogens is 1. The molecule has 3 nitrogen and oxygen atoms in total. The standard InChI is InChI=1S/C13H21N3/c1-12(2)15-11-13-7-6-10-16(13)9-5-3-4-8-14/h6-7,10,12,15H,3-5,9,11H2,1-2H3. The molecule has 1 rings (SSSR count). The number of hydrogen-bond donors (Lipinski definition) is 1. The summed E-state index contributed by atoms with van der Waals surface area (Å²) in [4.78, 5) is 0. The molecular formula is C13H21N3. The molecule has 0 unspecified atom stereocenters. The van der Waals surface area contributed by atoms with Gasteiger partial charge in [0.2, 0.25) is 0 Å². The highest BCUT2D eigenvalue weighted by molar-refractivity contribution is 5.06. The smallest absolute Gasteiger partial charge is 0.0621 e. The van der Waals surface area contributed by atoms with Crippen molar-refractivity contribution >= 4 is 0 Å². The Hall–Kier alpha value is -1.27. The minimum Gasteiger partial charge on any atom is -0.350 e. The third-order valence-electron chi connectivity index (χ3n) is 2.55. The van der Waals surface area contributed by atoms with E-state index in [-0.39, 0.29) is 0 Å². The Morgan fingerprint density at radius 1 is 1.44 bits per heavy atom. The number of hydrogen-bond acceptors (Lipinski definition) is 2. The molecule has 0 spiro atoms. The Morgan fingerprint density at radius 3 is 2.94 bits per heavy atom. The van der Waals surface area contributed by atoms with Crippen molar-refractivity contribution in [2.45, 2.75) is 52.2 Å². The molecule has 0 amide bonds. The van der Waals surface area contributed by atoms with Crippen LogP contribution in [0.3, 0.4) is 0 Å². The molecule has 1 N–H and O–H groups in total. The van der Waals surface area contributed by atoms with Gasteiger partial charge in [-0.05, 0) is 25.0 Å². The molecule has 0 atom stereocenters. The highest BCUT2D eigenvalue weighted by atomic mass is 15.0. The molecule has 88 valence electrons. The third-order valence-corrected chi connectivity index (χ3v) is 2.55. The molecule has 0 saturated heterocycles. The van der Waals surface area contributed by atoms with Gasteiger partial charge < -0.3 is 9.88 Å². The van der Waals surface area contributed by atoms with Gasteiger partial charge in [-0.2, -0.15) is 5.26 Å². The van der Waals surface area contributed by atoms with E-state index in [1.54, 1.807) is 0 Å². The molecule has 16 heavy (non-hydrogen) atoms. The average molecular weight is 219 g/mol. The Kier molecular flexibility index (Phi) is 5.66. The Morgan fingerprint density at radius 2 is 2.25 bits per heavy atom. The Labute approximate surface area is 98.1 Å². The summed E-state index contributed by atoms with van der Waals surface area (Å²) in [7, 11) is 0. The number of rotatable bonds is 7. The number of nitrogens with one attached hydrogen (secondary N) is 1. The van der Waals surface area contributed by atoms with Crippen LogP contribution in [0.2, 0.25) is 0 Å². The molecule has 1 aromatic heterocycles. The van der Waals surface area contributed by atoms with E-state index in [9.17, 15) is 0 Å². The first-order valence-corrected chi connectivity index (χ1v) is 5.98. The maximum atomic E-state index is 8.46. The van der Waals surface area contributed by atoms with E-state index < -0.39 is 0 Å². The van der Waals surface area contributed by atoms with E-state index in [4.69, 9.17) is 5.26 Å². The SMILES string of the molecule is CC(C)NCc1cccn1CCCCC#N. The molecule has 0 radical (unpaired) electrons. The summed E-state index contributed by atoms with van der Waals surface area (Å²) in [6.45, 7) is 6.24. The zero-order chi connectivity index (χ0) is 11.8. The maximum absolute atomic E-state index is 8.46. The van der Waals surface area contributed by atoms with Gasteiger partial charge in [-0.1, -0.05) is 13.8 Å². The fourth-order valence-corrected chi connectivity index (χ4v) is 1.62. The van der Waals surface area contributed by atoms with Crippen LogP contribution in [-0.4, -0.2) is 10.6 Å². The molecular weight excluding hydrogens is 198 g/mol.